The van der Waals surface area contributed by atoms with Gasteiger partial charge in [0.25, 0.3) is 5.91 Å². The summed E-state index contributed by atoms with van der Waals surface area (Å²) in [5, 5.41) is 12.4. The number of likely N-dealkylation sites (tertiary alicyclic amines) is 1. The van der Waals surface area contributed by atoms with E-state index in [2.05, 4.69) is 55.4 Å². The molecule has 0 aromatic heterocycles. The van der Waals surface area contributed by atoms with Crippen molar-refractivity contribution in [2.75, 3.05) is 20.1 Å². The van der Waals surface area contributed by atoms with E-state index in [0.717, 1.165) is 37.1 Å². The van der Waals surface area contributed by atoms with Crippen LogP contribution in [0.5, 0.6) is 0 Å². The summed E-state index contributed by atoms with van der Waals surface area (Å²) < 4.78 is 0. The first kappa shape index (κ1) is 24.1. The minimum absolute atomic E-state index is 0.131. The number of nitrogens with zero attached hydrogens (tertiary/aromatic N) is 1. The van der Waals surface area contributed by atoms with Crippen LogP contribution in [0.4, 0.5) is 0 Å². The summed E-state index contributed by atoms with van der Waals surface area (Å²) in [5.41, 5.74) is 5.42. The van der Waals surface area contributed by atoms with Gasteiger partial charge in [-0.1, -0.05) is 50.2 Å². The molecule has 1 saturated heterocycles. The van der Waals surface area contributed by atoms with Gasteiger partial charge in [-0.2, -0.15) is 0 Å². The first-order chi connectivity index (χ1) is 15.4. The molecule has 172 valence electrons. The maximum absolute atomic E-state index is 12.6. The minimum Gasteiger partial charge on any atom is -0.306 e. The van der Waals surface area contributed by atoms with Crippen molar-refractivity contribution in [1.82, 2.24) is 15.7 Å². The molecule has 0 unspecified atom stereocenters. The van der Waals surface area contributed by atoms with Crippen molar-refractivity contribution in [3.05, 3.63) is 70.8 Å². The lowest BCUT2D eigenvalue weighted by Crippen LogP contribution is -2.34. The number of carbonyl (C=O) groups excluding carboxylic acids is 2. The van der Waals surface area contributed by atoms with Crippen LogP contribution in [0, 0.1) is 11.8 Å². The smallest absolute Gasteiger partial charge is 0.274 e. The zero-order valence-electron chi connectivity index (χ0n) is 19.3. The number of benzene rings is 2. The average molecular weight is 438 g/mol. The number of hydrogen-bond acceptors (Lipinski definition) is 5. The van der Waals surface area contributed by atoms with Crippen LogP contribution in [0.1, 0.15) is 59.8 Å². The third kappa shape index (κ3) is 6.48. The van der Waals surface area contributed by atoms with Gasteiger partial charge < -0.3 is 10.2 Å². The molecule has 2 aromatic carbocycles. The Labute approximate surface area is 191 Å². The van der Waals surface area contributed by atoms with Gasteiger partial charge >= 0.3 is 0 Å². The Morgan fingerprint density at radius 2 is 1.59 bits per heavy atom. The van der Waals surface area contributed by atoms with E-state index in [0.29, 0.717) is 30.2 Å². The van der Waals surface area contributed by atoms with Gasteiger partial charge in [-0.25, -0.2) is 5.48 Å². The van der Waals surface area contributed by atoms with Gasteiger partial charge in [0.05, 0.1) is 0 Å². The topological polar surface area (TPSA) is 81.7 Å². The van der Waals surface area contributed by atoms with E-state index >= 15 is 0 Å². The Morgan fingerprint density at radius 1 is 1.00 bits per heavy atom. The molecule has 0 radical (unpaired) electrons. The molecule has 2 aromatic rings. The van der Waals surface area contributed by atoms with Gasteiger partial charge in [0.1, 0.15) is 5.78 Å². The zero-order chi connectivity index (χ0) is 23.1. The largest absolute Gasteiger partial charge is 0.306 e. The summed E-state index contributed by atoms with van der Waals surface area (Å²) >= 11 is 0. The first-order valence-corrected chi connectivity index (χ1v) is 11.4. The molecule has 0 spiro atoms. The van der Waals surface area contributed by atoms with Crippen LogP contribution in [0.25, 0.3) is 0 Å². The van der Waals surface area contributed by atoms with Crippen molar-refractivity contribution >= 4 is 11.7 Å². The van der Waals surface area contributed by atoms with Crippen LogP contribution in [-0.2, 0) is 17.8 Å². The Kier molecular flexibility index (Phi) is 8.56. The SMILES string of the molecule is CC(C)[C@@H](NCc1ccc(CC(=O)C2CCN(C)CC2)cc1)c1ccc(C(=O)NO)cc1. The highest BCUT2D eigenvalue weighted by Crippen LogP contribution is 2.23. The lowest BCUT2D eigenvalue weighted by molar-refractivity contribution is -0.123. The van der Waals surface area contributed by atoms with Crippen molar-refractivity contribution in [2.24, 2.45) is 11.8 Å². The fourth-order valence-corrected chi connectivity index (χ4v) is 4.32. The molecule has 0 aliphatic carbocycles. The molecular formula is C26H35N3O3. The summed E-state index contributed by atoms with van der Waals surface area (Å²) in [7, 11) is 2.11. The van der Waals surface area contributed by atoms with Gasteiger partial charge in [-0.05, 0) is 67.7 Å². The van der Waals surface area contributed by atoms with E-state index in [1.54, 1.807) is 17.6 Å². The third-order valence-electron chi connectivity index (χ3n) is 6.40. The second kappa shape index (κ2) is 11.4. The number of Topliss-reactive ketones (excluding diaryl/α,β-unsaturated/α-hetero) is 1. The van der Waals surface area contributed by atoms with E-state index in [1.165, 1.54) is 5.56 Å². The fourth-order valence-electron chi connectivity index (χ4n) is 4.32. The molecule has 1 heterocycles. The molecule has 0 bridgehead atoms. The van der Waals surface area contributed by atoms with Crippen molar-refractivity contribution in [1.29, 1.82) is 0 Å². The van der Waals surface area contributed by atoms with Crippen LogP contribution in [0.2, 0.25) is 0 Å². The predicted molar refractivity (Wildman–Crippen MR) is 125 cm³/mol. The summed E-state index contributed by atoms with van der Waals surface area (Å²) in [5.74, 6) is 0.412. The number of rotatable bonds is 9. The fraction of sp³-hybridized carbons (Fsp3) is 0.462. The summed E-state index contributed by atoms with van der Waals surface area (Å²) in [6.07, 6.45) is 2.46. The minimum atomic E-state index is -0.514. The molecule has 3 rings (SSSR count). The number of nitrogens with one attached hydrogen (secondary N) is 2. The molecular weight excluding hydrogens is 402 g/mol. The maximum atomic E-state index is 12.6. The number of carbonyl (C=O) groups is 2. The molecule has 32 heavy (non-hydrogen) atoms. The van der Waals surface area contributed by atoms with E-state index in [-0.39, 0.29) is 12.0 Å². The highest BCUT2D eigenvalue weighted by molar-refractivity contribution is 5.93. The number of amides is 1. The standard InChI is InChI=1S/C26H35N3O3/c1-18(2)25(22-8-10-23(11-9-22)26(31)28-32)27-17-20-6-4-19(5-7-20)16-24(30)21-12-14-29(3)15-13-21/h4-11,18,21,25,27,32H,12-17H2,1-3H3,(H,28,31)/t25-/m1/s1. The monoisotopic (exact) mass is 437 g/mol. The van der Waals surface area contributed by atoms with E-state index in [9.17, 15) is 9.59 Å². The number of piperidine rings is 1. The first-order valence-electron chi connectivity index (χ1n) is 11.4. The molecule has 6 heteroatoms. The zero-order valence-corrected chi connectivity index (χ0v) is 19.3. The number of ketones is 1. The molecule has 1 atom stereocenters. The summed E-state index contributed by atoms with van der Waals surface area (Å²) in [4.78, 5) is 26.4. The average Bonchev–Trinajstić information content (AvgIpc) is 2.80. The van der Waals surface area contributed by atoms with Crippen molar-refractivity contribution in [2.45, 2.75) is 45.7 Å². The number of hydrogen-bond donors (Lipinski definition) is 3. The van der Waals surface area contributed by atoms with Gasteiger partial charge in [-0.15, -0.1) is 0 Å². The molecule has 6 nitrogen and oxygen atoms in total. The highest BCUT2D eigenvalue weighted by Gasteiger charge is 2.23. The third-order valence-corrected chi connectivity index (χ3v) is 6.40. The Hall–Kier alpha value is -2.54. The highest BCUT2D eigenvalue weighted by atomic mass is 16.5. The quantitative estimate of drug-likeness (QED) is 0.411. The van der Waals surface area contributed by atoms with Crippen molar-refractivity contribution < 1.29 is 14.8 Å². The maximum Gasteiger partial charge on any atom is 0.274 e. The molecule has 1 amide bonds. The predicted octanol–water partition coefficient (Wildman–Crippen LogP) is 3.75. The molecule has 3 N–H and O–H groups in total. The van der Waals surface area contributed by atoms with Crippen LogP contribution >= 0.6 is 0 Å². The van der Waals surface area contributed by atoms with E-state index in [4.69, 9.17) is 5.21 Å². The van der Waals surface area contributed by atoms with Crippen LogP contribution in [0.15, 0.2) is 48.5 Å². The number of hydroxylamine groups is 1. The Balaban J connectivity index is 1.55. The normalized spacial score (nSPS) is 16.2. The van der Waals surface area contributed by atoms with Crippen molar-refractivity contribution in [3.8, 4) is 0 Å². The summed E-state index contributed by atoms with van der Waals surface area (Å²) in [6.45, 7) is 7.04. The Bertz CT molecular complexity index is 886. The van der Waals surface area contributed by atoms with Crippen molar-refractivity contribution in [3.63, 3.8) is 0 Å². The van der Waals surface area contributed by atoms with Gasteiger partial charge in [-0.3, -0.25) is 14.8 Å². The van der Waals surface area contributed by atoms with Gasteiger partial charge in [0.15, 0.2) is 0 Å². The second-order valence-electron chi connectivity index (χ2n) is 9.20. The molecule has 1 aliphatic heterocycles. The van der Waals surface area contributed by atoms with Gasteiger partial charge in [0.2, 0.25) is 0 Å². The second-order valence-corrected chi connectivity index (χ2v) is 9.20. The summed E-state index contributed by atoms with van der Waals surface area (Å²) in [6, 6.07) is 15.7. The Morgan fingerprint density at radius 3 is 2.16 bits per heavy atom. The molecule has 1 aliphatic rings. The van der Waals surface area contributed by atoms with Crippen LogP contribution in [-0.4, -0.2) is 41.9 Å². The molecule has 0 saturated carbocycles. The van der Waals surface area contributed by atoms with E-state index < -0.39 is 5.91 Å². The van der Waals surface area contributed by atoms with Crippen LogP contribution < -0.4 is 10.8 Å². The van der Waals surface area contributed by atoms with Crippen LogP contribution in [0.3, 0.4) is 0 Å². The molecule has 1 fully saturated rings. The van der Waals surface area contributed by atoms with Gasteiger partial charge in [0, 0.05) is 30.5 Å². The lowest BCUT2D eigenvalue weighted by Gasteiger charge is -2.28. The lowest BCUT2D eigenvalue weighted by atomic mass is 9.89. The van der Waals surface area contributed by atoms with E-state index in [1.807, 2.05) is 12.1 Å².